The molecule has 0 saturated carbocycles. The van der Waals surface area contributed by atoms with Gasteiger partial charge in [-0.05, 0) is 18.1 Å². The van der Waals surface area contributed by atoms with Crippen LogP contribution in [0.5, 0.6) is 5.75 Å². The Morgan fingerprint density at radius 3 is 2.73 bits per heavy atom. The van der Waals surface area contributed by atoms with Crippen LogP contribution in [0, 0.1) is 0 Å². The van der Waals surface area contributed by atoms with E-state index in [2.05, 4.69) is 24.1 Å². The van der Waals surface area contributed by atoms with Gasteiger partial charge in [-0.1, -0.05) is 26.0 Å². The molecule has 0 saturated heterocycles. The molecule has 0 spiro atoms. The number of anilines is 1. The normalized spacial score (nSPS) is 10.5. The second kappa shape index (κ2) is 7.04. The zero-order valence-electron chi connectivity index (χ0n) is 12.3. The van der Waals surface area contributed by atoms with Gasteiger partial charge in [-0.3, -0.25) is 14.9 Å². The molecule has 0 atom stereocenters. The van der Waals surface area contributed by atoms with Crippen LogP contribution in [0.25, 0.3) is 0 Å². The van der Waals surface area contributed by atoms with E-state index in [1.165, 1.54) is 11.3 Å². The molecular formula is C15H17N3O3S. The number of thiazole rings is 1. The monoisotopic (exact) mass is 319 g/mol. The number of hydrogen-bond donors (Lipinski definition) is 2. The number of nitrogens with zero attached hydrogens (tertiary/aromatic N) is 1. The molecular weight excluding hydrogens is 302 g/mol. The number of rotatable bonds is 6. The van der Waals surface area contributed by atoms with E-state index >= 15 is 0 Å². The number of nitrogens with one attached hydrogen (secondary N) is 1. The molecule has 22 heavy (non-hydrogen) atoms. The summed E-state index contributed by atoms with van der Waals surface area (Å²) in [6.07, 6.45) is 1.75. The van der Waals surface area contributed by atoms with E-state index in [-0.39, 0.29) is 12.5 Å². The first-order valence-corrected chi connectivity index (χ1v) is 7.56. The van der Waals surface area contributed by atoms with E-state index in [0.29, 0.717) is 22.4 Å². The predicted octanol–water partition coefficient (Wildman–Crippen LogP) is 2.38. The molecule has 0 aliphatic heterocycles. The summed E-state index contributed by atoms with van der Waals surface area (Å²) in [7, 11) is 0. The summed E-state index contributed by atoms with van der Waals surface area (Å²) in [6.45, 7) is 3.84. The molecule has 2 rings (SSSR count). The molecule has 0 fully saturated rings. The van der Waals surface area contributed by atoms with E-state index < -0.39 is 5.91 Å². The first-order chi connectivity index (χ1) is 10.5. The molecule has 0 bridgehead atoms. The van der Waals surface area contributed by atoms with Crippen LogP contribution >= 0.6 is 11.3 Å². The zero-order valence-corrected chi connectivity index (χ0v) is 13.1. The van der Waals surface area contributed by atoms with Gasteiger partial charge in [-0.15, -0.1) is 11.3 Å². The second-order valence-corrected chi connectivity index (χ2v) is 5.99. The number of amides is 2. The molecule has 0 unspecified atom stereocenters. The summed E-state index contributed by atoms with van der Waals surface area (Å²) < 4.78 is 5.25. The largest absolute Gasteiger partial charge is 0.483 e. The first kappa shape index (κ1) is 16.0. The minimum atomic E-state index is -0.600. The van der Waals surface area contributed by atoms with Crippen molar-refractivity contribution in [1.29, 1.82) is 0 Å². The van der Waals surface area contributed by atoms with Gasteiger partial charge in [0.2, 0.25) is 0 Å². The van der Waals surface area contributed by atoms with Crippen molar-refractivity contribution in [3.63, 3.8) is 0 Å². The van der Waals surface area contributed by atoms with Crippen molar-refractivity contribution in [3.05, 3.63) is 40.9 Å². The number of nitrogens with two attached hydrogens (primary N) is 1. The van der Waals surface area contributed by atoms with Gasteiger partial charge in [0.05, 0.1) is 5.56 Å². The highest BCUT2D eigenvalue weighted by Crippen LogP contribution is 2.26. The summed E-state index contributed by atoms with van der Waals surface area (Å²) in [6, 6.07) is 6.66. The van der Waals surface area contributed by atoms with Gasteiger partial charge < -0.3 is 10.5 Å². The molecule has 6 nitrogen and oxygen atoms in total. The molecule has 0 aliphatic rings. The Balaban J connectivity index is 2.13. The van der Waals surface area contributed by atoms with Crippen LogP contribution in [-0.2, 0) is 4.79 Å². The molecule has 116 valence electrons. The maximum absolute atomic E-state index is 12.3. The highest BCUT2D eigenvalue weighted by atomic mass is 32.1. The minimum Gasteiger partial charge on any atom is -0.483 e. The van der Waals surface area contributed by atoms with Crippen LogP contribution in [-0.4, -0.2) is 23.4 Å². The van der Waals surface area contributed by atoms with Gasteiger partial charge in [-0.25, -0.2) is 4.98 Å². The van der Waals surface area contributed by atoms with Gasteiger partial charge in [0.25, 0.3) is 11.8 Å². The number of primary amides is 1. The van der Waals surface area contributed by atoms with E-state index in [1.807, 2.05) is 0 Å². The van der Waals surface area contributed by atoms with Crippen LogP contribution in [0.4, 0.5) is 5.13 Å². The summed E-state index contributed by atoms with van der Waals surface area (Å²) in [5.74, 6) is -0.282. The minimum absolute atomic E-state index is 0.279. The maximum Gasteiger partial charge on any atom is 0.261 e. The highest BCUT2D eigenvalue weighted by Gasteiger charge is 2.15. The predicted molar refractivity (Wildman–Crippen MR) is 85.3 cm³/mol. The molecule has 0 radical (unpaired) electrons. The molecule has 0 aliphatic carbocycles. The third kappa shape index (κ3) is 4.05. The van der Waals surface area contributed by atoms with Gasteiger partial charge in [0.15, 0.2) is 11.7 Å². The Morgan fingerprint density at radius 2 is 2.09 bits per heavy atom. The summed E-state index contributed by atoms with van der Waals surface area (Å²) >= 11 is 1.43. The van der Waals surface area contributed by atoms with Crippen molar-refractivity contribution >= 4 is 28.3 Å². The third-order valence-electron chi connectivity index (χ3n) is 2.81. The molecule has 3 N–H and O–H groups in total. The standard InChI is InChI=1S/C15H17N3O3S/c1-9(2)12-7-17-15(22-12)18-14(20)10-5-3-4-6-11(10)21-8-13(16)19/h3-7,9H,8H2,1-2H3,(H2,16,19)(H,17,18,20). The van der Waals surface area contributed by atoms with E-state index in [1.54, 1.807) is 30.5 Å². The van der Waals surface area contributed by atoms with E-state index in [9.17, 15) is 9.59 Å². The molecule has 2 aromatic rings. The number of carbonyl (C=O) groups is 2. The lowest BCUT2D eigenvalue weighted by Crippen LogP contribution is -2.21. The number of ether oxygens (including phenoxy) is 1. The van der Waals surface area contributed by atoms with Crippen LogP contribution in [0.1, 0.15) is 35.0 Å². The molecule has 1 aromatic heterocycles. The van der Waals surface area contributed by atoms with Gasteiger partial charge in [-0.2, -0.15) is 0 Å². The topological polar surface area (TPSA) is 94.3 Å². The van der Waals surface area contributed by atoms with Crippen molar-refractivity contribution < 1.29 is 14.3 Å². The van der Waals surface area contributed by atoms with Gasteiger partial charge >= 0.3 is 0 Å². The summed E-state index contributed by atoms with van der Waals surface area (Å²) in [5.41, 5.74) is 5.37. The molecule has 1 aromatic carbocycles. The number of hydrogen-bond acceptors (Lipinski definition) is 5. The van der Waals surface area contributed by atoms with Crippen molar-refractivity contribution in [2.75, 3.05) is 11.9 Å². The Kier molecular flexibility index (Phi) is 5.11. The zero-order chi connectivity index (χ0) is 16.1. The van der Waals surface area contributed by atoms with Crippen molar-refractivity contribution in [2.24, 2.45) is 5.73 Å². The average molecular weight is 319 g/mol. The van der Waals surface area contributed by atoms with Crippen molar-refractivity contribution in [2.45, 2.75) is 19.8 Å². The number of para-hydroxylation sites is 1. The van der Waals surface area contributed by atoms with E-state index in [4.69, 9.17) is 10.5 Å². The highest BCUT2D eigenvalue weighted by molar-refractivity contribution is 7.15. The SMILES string of the molecule is CC(C)c1cnc(NC(=O)c2ccccc2OCC(N)=O)s1. The lowest BCUT2D eigenvalue weighted by molar-refractivity contribution is -0.119. The summed E-state index contributed by atoms with van der Waals surface area (Å²) in [4.78, 5) is 28.4. The fourth-order valence-corrected chi connectivity index (χ4v) is 2.52. The van der Waals surface area contributed by atoms with Crippen LogP contribution < -0.4 is 15.8 Å². The second-order valence-electron chi connectivity index (χ2n) is 4.93. The summed E-state index contributed by atoms with van der Waals surface area (Å²) in [5, 5.41) is 3.26. The Bertz CT molecular complexity index is 682. The van der Waals surface area contributed by atoms with Gasteiger partial charge in [0.1, 0.15) is 5.75 Å². The Morgan fingerprint density at radius 1 is 1.36 bits per heavy atom. The number of aromatic nitrogens is 1. The fourth-order valence-electron chi connectivity index (χ4n) is 1.70. The van der Waals surface area contributed by atoms with Crippen LogP contribution in [0.3, 0.4) is 0 Å². The van der Waals surface area contributed by atoms with Crippen molar-refractivity contribution in [1.82, 2.24) is 4.98 Å². The van der Waals surface area contributed by atoms with Crippen LogP contribution in [0.2, 0.25) is 0 Å². The molecule has 2 amide bonds. The fraction of sp³-hybridized carbons (Fsp3) is 0.267. The smallest absolute Gasteiger partial charge is 0.261 e. The third-order valence-corrected chi connectivity index (χ3v) is 4.03. The first-order valence-electron chi connectivity index (χ1n) is 6.74. The van der Waals surface area contributed by atoms with Crippen molar-refractivity contribution in [3.8, 4) is 5.75 Å². The molecule has 7 heteroatoms. The Hall–Kier alpha value is -2.41. The Labute approximate surface area is 132 Å². The number of carbonyl (C=O) groups excluding carboxylic acids is 2. The maximum atomic E-state index is 12.3. The average Bonchev–Trinajstić information content (AvgIpc) is 2.94. The lowest BCUT2D eigenvalue weighted by Gasteiger charge is -2.09. The van der Waals surface area contributed by atoms with Gasteiger partial charge in [0, 0.05) is 11.1 Å². The lowest BCUT2D eigenvalue weighted by atomic mass is 10.2. The molecule has 1 heterocycles. The van der Waals surface area contributed by atoms with Crippen LogP contribution in [0.15, 0.2) is 30.5 Å². The quantitative estimate of drug-likeness (QED) is 0.854. The van der Waals surface area contributed by atoms with E-state index in [0.717, 1.165) is 4.88 Å². The number of benzene rings is 1.